The fraction of sp³-hybridized carbons (Fsp3) is 0.350. The molecular formula is C20H22N2O4S. The molecule has 1 atom stereocenters. The van der Waals surface area contributed by atoms with Crippen molar-refractivity contribution >= 4 is 27.5 Å². The monoisotopic (exact) mass is 386 g/mol. The largest absolute Gasteiger partial charge is 0.491 e. The first-order chi connectivity index (χ1) is 12.9. The second-order valence-electron chi connectivity index (χ2n) is 6.41. The lowest BCUT2D eigenvalue weighted by atomic mass is 10.1. The van der Waals surface area contributed by atoms with Crippen LogP contribution in [0, 0.1) is 0 Å². The molecule has 3 rings (SSSR count). The lowest BCUT2D eigenvalue weighted by Crippen LogP contribution is -2.29. The number of rotatable bonds is 6. The maximum Gasteiger partial charge on any atom is 0.328 e. The topological polar surface area (TPSA) is 70.4 Å². The normalized spacial score (nSPS) is 12.3. The van der Waals surface area contributed by atoms with Gasteiger partial charge in [-0.25, -0.2) is 9.78 Å². The zero-order valence-electron chi connectivity index (χ0n) is 15.8. The molecular weight excluding hydrogens is 364 g/mol. The molecule has 1 aromatic carbocycles. The summed E-state index contributed by atoms with van der Waals surface area (Å²) in [5, 5.41) is 2.42. The van der Waals surface area contributed by atoms with Gasteiger partial charge in [-0.2, -0.15) is 0 Å². The number of hydrogen-bond acceptors (Lipinski definition) is 6. The molecule has 0 saturated heterocycles. The Hall–Kier alpha value is -2.67. The highest BCUT2D eigenvalue weighted by molar-refractivity contribution is 7.17. The Morgan fingerprint density at radius 1 is 1.22 bits per heavy atom. The fourth-order valence-electron chi connectivity index (χ4n) is 2.80. The van der Waals surface area contributed by atoms with E-state index in [0.29, 0.717) is 10.2 Å². The number of hydrogen-bond donors (Lipinski definition) is 0. The molecule has 3 aromatic rings. The predicted molar refractivity (Wildman–Crippen MR) is 106 cm³/mol. The van der Waals surface area contributed by atoms with Crippen molar-refractivity contribution in [3.8, 4) is 16.9 Å². The molecule has 0 aliphatic heterocycles. The molecule has 142 valence electrons. The summed E-state index contributed by atoms with van der Waals surface area (Å²) < 4.78 is 12.0. The Labute approximate surface area is 161 Å². The van der Waals surface area contributed by atoms with Gasteiger partial charge >= 0.3 is 5.97 Å². The molecule has 6 nitrogen and oxygen atoms in total. The summed E-state index contributed by atoms with van der Waals surface area (Å²) in [5.41, 5.74) is 1.45. The summed E-state index contributed by atoms with van der Waals surface area (Å²) in [6, 6.07) is 6.88. The first-order valence-electron chi connectivity index (χ1n) is 8.84. The van der Waals surface area contributed by atoms with Crippen LogP contribution in [0.5, 0.6) is 5.75 Å². The van der Waals surface area contributed by atoms with E-state index in [1.807, 2.05) is 43.5 Å². The summed E-state index contributed by atoms with van der Waals surface area (Å²) in [7, 11) is 0. The highest BCUT2D eigenvalue weighted by Gasteiger charge is 2.21. The van der Waals surface area contributed by atoms with Crippen LogP contribution in [-0.2, 0) is 9.53 Å². The van der Waals surface area contributed by atoms with Gasteiger partial charge in [-0.15, -0.1) is 11.3 Å². The first kappa shape index (κ1) is 19.1. The Kier molecular flexibility index (Phi) is 5.60. The van der Waals surface area contributed by atoms with E-state index in [4.69, 9.17) is 9.47 Å². The third-order valence-electron chi connectivity index (χ3n) is 4.10. The summed E-state index contributed by atoms with van der Waals surface area (Å²) in [4.78, 5) is 30.1. The molecule has 0 N–H and O–H groups in total. The lowest BCUT2D eigenvalue weighted by Gasteiger charge is -2.13. The van der Waals surface area contributed by atoms with Crippen LogP contribution in [0.15, 0.2) is 40.8 Å². The number of carbonyl (C=O) groups excluding carboxylic acids is 1. The van der Waals surface area contributed by atoms with Crippen molar-refractivity contribution in [1.82, 2.24) is 9.55 Å². The number of ether oxygens (including phenoxy) is 2. The number of benzene rings is 1. The van der Waals surface area contributed by atoms with Crippen LogP contribution in [0.25, 0.3) is 21.3 Å². The van der Waals surface area contributed by atoms with Gasteiger partial charge in [0.15, 0.2) is 0 Å². The zero-order chi connectivity index (χ0) is 19.6. The molecule has 0 bridgehead atoms. The maximum atomic E-state index is 13.0. The fourth-order valence-corrected chi connectivity index (χ4v) is 3.70. The van der Waals surface area contributed by atoms with Crippen LogP contribution < -0.4 is 10.3 Å². The van der Waals surface area contributed by atoms with Crippen LogP contribution in [-0.4, -0.2) is 28.2 Å². The van der Waals surface area contributed by atoms with Crippen molar-refractivity contribution in [2.45, 2.75) is 39.8 Å². The Morgan fingerprint density at radius 2 is 1.93 bits per heavy atom. The summed E-state index contributed by atoms with van der Waals surface area (Å²) in [6.07, 6.45) is 1.50. The van der Waals surface area contributed by atoms with E-state index in [9.17, 15) is 9.59 Å². The molecule has 0 fully saturated rings. The standard InChI is InChI=1S/C20H22N2O4S/c1-5-25-20(24)13(4)22-11-21-18-17(19(22)23)16(10-27-18)14-6-8-15(9-7-14)26-12(2)3/h6-13H,5H2,1-4H3/t13-/m0/s1. The zero-order valence-corrected chi connectivity index (χ0v) is 16.6. The molecule has 2 heterocycles. The van der Waals surface area contributed by atoms with Gasteiger partial charge in [0.05, 0.1) is 24.4 Å². The van der Waals surface area contributed by atoms with Gasteiger partial charge in [-0.1, -0.05) is 12.1 Å². The average molecular weight is 386 g/mol. The Morgan fingerprint density at radius 3 is 2.56 bits per heavy atom. The molecule has 0 aliphatic rings. The number of thiophene rings is 1. The van der Waals surface area contributed by atoms with Crippen LogP contribution >= 0.6 is 11.3 Å². The van der Waals surface area contributed by atoms with Crippen molar-refractivity contribution in [3.05, 3.63) is 46.3 Å². The minimum Gasteiger partial charge on any atom is -0.491 e. The molecule has 0 saturated carbocycles. The van der Waals surface area contributed by atoms with Crippen molar-refractivity contribution in [3.63, 3.8) is 0 Å². The molecule has 2 aromatic heterocycles. The molecule has 0 amide bonds. The molecule has 0 aliphatic carbocycles. The van der Waals surface area contributed by atoms with Gasteiger partial charge in [0.1, 0.15) is 16.6 Å². The first-order valence-corrected chi connectivity index (χ1v) is 9.72. The molecule has 27 heavy (non-hydrogen) atoms. The van der Waals surface area contributed by atoms with Crippen LogP contribution in [0.4, 0.5) is 0 Å². The van der Waals surface area contributed by atoms with E-state index < -0.39 is 12.0 Å². The molecule has 0 spiro atoms. The van der Waals surface area contributed by atoms with E-state index in [-0.39, 0.29) is 18.3 Å². The second kappa shape index (κ2) is 7.92. The number of carbonyl (C=O) groups is 1. The summed E-state index contributed by atoms with van der Waals surface area (Å²) in [6.45, 7) is 7.58. The van der Waals surface area contributed by atoms with Gasteiger partial charge in [0.25, 0.3) is 5.56 Å². The Balaban J connectivity index is 2.04. The van der Waals surface area contributed by atoms with E-state index >= 15 is 0 Å². The van der Waals surface area contributed by atoms with Crippen LogP contribution in [0.1, 0.15) is 33.7 Å². The van der Waals surface area contributed by atoms with Gasteiger partial charge in [-0.3, -0.25) is 9.36 Å². The van der Waals surface area contributed by atoms with E-state index in [0.717, 1.165) is 16.9 Å². The lowest BCUT2D eigenvalue weighted by molar-refractivity contribution is -0.146. The number of fused-ring (bicyclic) bond motifs is 1. The SMILES string of the molecule is CCOC(=O)[C@H](C)n1cnc2scc(-c3ccc(OC(C)C)cc3)c2c1=O. The van der Waals surface area contributed by atoms with Crippen molar-refractivity contribution in [1.29, 1.82) is 0 Å². The third kappa shape index (κ3) is 3.88. The second-order valence-corrected chi connectivity index (χ2v) is 7.26. The average Bonchev–Trinajstić information content (AvgIpc) is 3.07. The van der Waals surface area contributed by atoms with E-state index in [1.54, 1.807) is 13.8 Å². The Bertz CT molecular complexity index is 1000. The van der Waals surface area contributed by atoms with Gasteiger partial charge in [0.2, 0.25) is 0 Å². The van der Waals surface area contributed by atoms with E-state index in [2.05, 4.69) is 4.98 Å². The minimum atomic E-state index is -0.732. The third-order valence-corrected chi connectivity index (χ3v) is 4.99. The minimum absolute atomic E-state index is 0.0959. The van der Waals surface area contributed by atoms with Gasteiger partial charge < -0.3 is 9.47 Å². The smallest absolute Gasteiger partial charge is 0.328 e. The molecule has 0 radical (unpaired) electrons. The van der Waals surface area contributed by atoms with Gasteiger partial charge in [0, 0.05) is 10.9 Å². The summed E-state index contributed by atoms with van der Waals surface area (Å²) in [5.74, 6) is 0.326. The highest BCUT2D eigenvalue weighted by atomic mass is 32.1. The molecule has 7 heteroatoms. The van der Waals surface area contributed by atoms with E-state index in [1.165, 1.54) is 22.2 Å². The number of aromatic nitrogens is 2. The van der Waals surface area contributed by atoms with Gasteiger partial charge in [-0.05, 0) is 45.4 Å². The predicted octanol–water partition coefficient (Wildman–Crippen LogP) is 4.04. The van der Waals surface area contributed by atoms with Crippen molar-refractivity contribution in [2.75, 3.05) is 6.61 Å². The molecule has 0 unspecified atom stereocenters. The maximum absolute atomic E-state index is 13.0. The van der Waals surface area contributed by atoms with Crippen LogP contribution in [0.3, 0.4) is 0 Å². The van der Waals surface area contributed by atoms with Crippen LogP contribution in [0.2, 0.25) is 0 Å². The van der Waals surface area contributed by atoms with Crippen molar-refractivity contribution in [2.24, 2.45) is 0 Å². The number of nitrogens with zero attached hydrogens (tertiary/aromatic N) is 2. The highest BCUT2D eigenvalue weighted by Crippen LogP contribution is 2.32. The van der Waals surface area contributed by atoms with Crippen molar-refractivity contribution < 1.29 is 14.3 Å². The number of esters is 1. The quantitative estimate of drug-likeness (QED) is 0.598. The summed E-state index contributed by atoms with van der Waals surface area (Å²) >= 11 is 1.40.